The Morgan fingerprint density at radius 3 is 2.15 bits per heavy atom. The van der Waals surface area contributed by atoms with Crippen LogP contribution < -0.4 is 10.8 Å². The van der Waals surface area contributed by atoms with Gasteiger partial charge in [-0.3, -0.25) is 5.32 Å². The van der Waals surface area contributed by atoms with Crippen LogP contribution in [0.1, 0.15) is 61.0 Å². The second kappa shape index (κ2) is 6.70. The predicted molar refractivity (Wildman–Crippen MR) is 105 cm³/mol. The molecule has 1 saturated heterocycles. The molecule has 2 rings (SSSR count). The van der Waals surface area contributed by atoms with Gasteiger partial charge in [-0.2, -0.15) is 0 Å². The van der Waals surface area contributed by atoms with E-state index < -0.39 is 30.0 Å². The fraction of sp³-hybridized carbons (Fsp3) is 0.579. The SMILES string of the molecule is CC(=N)c1cc(B2OC(C)(C)C(C)(C)O2)ccc1NC(=O)OC(C)(C)C. The van der Waals surface area contributed by atoms with Gasteiger partial charge in [0, 0.05) is 11.3 Å². The largest absolute Gasteiger partial charge is 0.494 e. The van der Waals surface area contributed by atoms with Gasteiger partial charge >= 0.3 is 13.2 Å². The second-order valence-corrected chi connectivity index (χ2v) is 8.65. The first-order chi connectivity index (χ1) is 11.7. The first-order valence-corrected chi connectivity index (χ1v) is 8.77. The van der Waals surface area contributed by atoms with Crippen molar-refractivity contribution >= 4 is 30.1 Å². The minimum absolute atomic E-state index is 0.328. The van der Waals surface area contributed by atoms with Crippen LogP contribution in [-0.4, -0.2) is 35.7 Å². The molecule has 2 N–H and O–H groups in total. The number of nitrogens with one attached hydrogen (secondary N) is 2. The highest BCUT2D eigenvalue weighted by Crippen LogP contribution is 2.36. The molecule has 1 heterocycles. The zero-order valence-electron chi connectivity index (χ0n) is 16.9. The van der Waals surface area contributed by atoms with E-state index in [0.717, 1.165) is 5.46 Å². The van der Waals surface area contributed by atoms with Crippen LogP contribution in [0.25, 0.3) is 0 Å². The lowest BCUT2D eigenvalue weighted by molar-refractivity contribution is 0.00578. The van der Waals surface area contributed by atoms with E-state index in [1.54, 1.807) is 33.8 Å². The molecule has 0 spiro atoms. The van der Waals surface area contributed by atoms with Crippen LogP contribution >= 0.6 is 0 Å². The number of rotatable bonds is 3. The highest BCUT2D eigenvalue weighted by Gasteiger charge is 2.51. The normalized spacial score (nSPS) is 18.5. The lowest BCUT2D eigenvalue weighted by atomic mass is 9.78. The van der Waals surface area contributed by atoms with Crippen molar-refractivity contribution < 1.29 is 18.8 Å². The molecule has 6 nitrogen and oxygen atoms in total. The Morgan fingerprint density at radius 2 is 1.69 bits per heavy atom. The summed E-state index contributed by atoms with van der Waals surface area (Å²) in [4.78, 5) is 12.1. The van der Waals surface area contributed by atoms with Crippen LogP contribution in [0.5, 0.6) is 0 Å². The Morgan fingerprint density at radius 1 is 1.15 bits per heavy atom. The van der Waals surface area contributed by atoms with Gasteiger partial charge in [0.05, 0.1) is 16.9 Å². The summed E-state index contributed by atoms with van der Waals surface area (Å²) < 4.78 is 17.4. The van der Waals surface area contributed by atoms with E-state index in [1.807, 2.05) is 39.8 Å². The Bertz CT molecular complexity index is 707. The van der Waals surface area contributed by atoms with Crippen LogP contribution in [-0.2, 0) is 14.0 Å². The van der Waals surface area contributed by atoms with E-state index in [9.17, 15) is 4.79 Å². The molecule has 0 unspecified atom stereocenters. The van der Waals surface area contributed by atoms with E-state index >= 15 is 0 Å². The summed E-state index contributed by atoms with van der Waals surface area (Å²) >= 11 is 0. The van der Waals surface area contributed by atoms with Crippen LogP contribution in [0.15, 0.2) is 18.2 Å². The molecule has 0 aromatic heterocycles. The third-order valence-electron chi connectivity index (χ3n) is 4.61. The number of carbonyl (C=O) groups excluding carboxylic acids is 1. The highest BCUT2D eigenvalue weighted by atomic mass is 16.7. The number of ether oxygens (including phenoxy) is 1. The third-order valence-corrected chi connectivity index (χ3v) is 4.61. The molecule has 1 aromatic carbocycles. The van der Waals surface area contributed by atoms with Gasteiger partial charge in [0.1, 0.15) is 5.60 Å². The quantitative estimate of drug-likeness (QED) is 0.636. The molecular weight excluding hydrogens is 331 g/mol. The zero-order chi connectivity index (χ0) is 19.9. The van der Waals surface area contributed by atoms with Crippen molar-refractivity contribution in [3.05, 3.63) is 23.8 Å². The molecule has 1 aliphatic heterocycles. The molecule has 7 heteroatoms. The lowest BCUT2D eigenvalue weighted by Gasteiger charge is -2.32. The highest BCUT2D eigenvalue weighted by molar-refractivity contribution is 6.62. The molecular formula is C19H29BN2O4. The van der Waals surface area contributed by atoms with Crippen molar-refractivity contribution in [3.8, 4) is 0 Å². The van der Waals surface area contributed by atoms with E-state index in [4.69, 9.17) is 19.5 Å². The van der Waals surface area contributed by atoms with E-state index in [-0.39, 0.29) is 0 Å². The van der Waals surface area contributed by atoms with Gasteiger partial charge in [-0.05, 0) is 66.9 Å². The second-order valence-electron chi connectivity index (χ2n) is 8.65. The standard InChI is InChI=1S/C19H29BN2O4/c1-12(21)14-11-13(20-25-18(5,6)19(7,8)26-20)9-10-15(14)22-16(23)24-17(2,3)4/h9-11,21H,1-8H3,(H,22,23). The monoisotopic (exact) mass is 360 g/mol. The molecule has 1 fully saturated rings. The molecule has 0 saturated carbocycles. The Balaban J connectivity index is 2.27. The number of hydrogen-bond donors (Lipinski definition) is 2. The summed E-state index contributed by atoms with van der Waals surface area (Å²) in [6, 6.07) is 5.40. The predicted octanol–water partition coefficient (Wildman–Crippen LogP) is 3.72. The Labute approximate surface area is 156 Å². The summed E-state index contributed by atoms with van der Waals surface area (Å²) in [5.41, 5.74) is 0.785. The van der Waals surface area contributed by atoms with Crippen molar-refractivity contribution in [2.45, 2.75) is 72.2 Å². The first-order valence-electron chi connectivity index (χ1n) is 8.77. The maximum atomic E-state index is 12.1. The average molecular weight is 360 g/mol. The number of hydrogen-bond acceptors (Lipinski definition) is 5. The van der Waals surface area contributed by atoms with Gasteiger partial charge in [-0.25, -0.2) is 4.79 Å². The van der Waals surface area contributed by atoms with Gasteiger partial charge in [-0.15, -0.1) is 0 Å². The maximum absolute atomic E-state index is 12.1. The molecule has 0 bridgehead atoms. The smallest absolute Gasteiger partial charge is 0.444 e. The molecule has 26 heavy (non-hydrogen) atoms. The molecule has 1 aliphatic rings. The maximum Gasteiger partial charge on any atom is 0.494 e. The summed E-state index contributed by atoms with van der Waals surface area (Å²) in [6.45, 7) is 15.1. The van der Waals surface area contributed by atoms with Gasteiger partial charge in [-0.1, -0.05) is 12.1 Å². The van der Waals surface area contributed by atoms with Crippen molar-refractivity contribution in [2.24, 2.45) is 0 Å². The number of carbonyl (C=O) groups is 1. The molecule has 1 amide bonds. The summed E-state index contributed by atoms with van der Waals surface area (Å²) in [5.74, 6) is 0. The van der Waals surface area contributed by atoms with Crippen LogP contribution in [0.2, 0.25) is 0 Å². The molecule has 0 radical (unpaired) electrons. The van der Waals surface area contributed by atoms with Crippen molar-refractivity contribution in [3.63, 3.8) is 0 Å². The molecule has 0 atom stereocenters. The summed E-state index contributed by atoms with van der Waals surface area (Å²) in [7, 11) is -0.520. The van der Waals surface area contributed by atoms with E-state index in [1.165, 1.54) is 0 Å². The van der Waals surface area contributed by atoms with Gasteiger partial charge < -0.3 is 19.5 Å². The minimum Gasteiger partial charge on any atom is -0.444 e. The number of benzene rings is 1. The Kier molecular flexibility index (Phi) is 5.28. The molecule has 1 aromatic rings. The van der Waals surface area contributed by atoms with Crippen molar-refractivity contribution in [1.82, 2.24) is 0 Å². The number of amides is 1. The Hall–Kier alpha value is -1.86. The minimum atomic E-state index is -0.591. The zero-order valence-corrected chi connectivity index (χ0v) is 16.9. The van der Waals surface area contributed by atoms with E-state index in [0.29, 0.717) is 17.0 Å². The first kappa shape index (κ1) is 20.5. The lowest BCUT2D eigenvalue weighted by Crippen LogP contribution is -2.41. The van der Waals surface area contributed by atoms with Crippen LogP contribution in [0, 0.1) is 5.41 Å². The van der Waals surface area contributed by atoms with E-state index in [2.05, 4.69) is 5.32 Å². The van der Waals surface area contributed by atoms with Crippen LogP contribution in [0.4, 0.5) is 10.5 Å². The topological polar surface area (TPSA) is 80.6 Å². The number of anilines is 1. The van der Waals surface area contributed by atoms with Crippen molar-refractivity contribution in [2.75, 3.05) is 5.32 Å². The molecule has 0 aliphatic carbocycles. The molecule has 142 valence electrons. The third kappa shape index (κ3) is 4.45. The fourth-order valence-corrected chi connectivity index (χ4v) is 2.52. The average Bonchev–Trinajstić information content (AvgIpc) is 2.65. The van der Waals surface area contributed by atoms with Gasteiger partial charge in [0.15, 0.2) is 0 Å². The summed E-state index contributed by atoms with van der Waals surface area (Å²) in [5, 5.41) is 10.8. The van der Waals surface area contributed by atoms with Gasteiger partial charge in [0.2, 0.25) is 0 Å². The van der Waals surface area contributed by atoms with Crippen LogP contribution in [0.3, 0.4) is 0 Å². The fourth-order valence-electron chi connectivity index (χ4n) is 2.52. The summed E-state index contributed by atoms with van der Waals surface area (Å²) in [6.07, 6.45) is -0.552. The van der Waals surface area contributed by atoms with Gasteiger partial charge in [0.25, 0.3) is 0 Å². The van der Waals surface area contributed by atoms with Crippen molar-refractivity contribution in [1.29, 1.82) is 5.41 Å².